The third-order valence-electron chi connectivity index (χ3n) is 5.41. The van der Waals surface area contributed by atoms with Gasteiger partial charge in [-0.1, -0.05) is 6.07 Å². The lowest BCUT2D eigenvalue weighted by atomic mass is 10.0. The lowest BCUT2D eigenvalue weighted by molar-refractivity contribution is -0.153. The number of thiophene rings is 6. The summed E-state index contributed by atoms with van der Waals surface area (Å²) in [6.07, 6.45) is -4.38. The zero-order valence-corrected chi connectivity index (χ0v) is 23.1. The van der Waals surface area contributed by atoms with Crippen molar-refractivity contribution in [1.29, 1.82) is 0 Å². The van der Waals surface area contributed by atoms with Crippen LogP contribution in [-0.2, 0) is 0 Å². The molecule has 0 N–H and O–H groups in total. The smallest absolute Gasteiger partial charge is 0.422 e. The van der Waals surface area contributed by atoms with Gasteiger partial charge in [0.05, 0.1) is 9.75 Å². The maximum absolute atomic E-state index is 12.8. The molecule has 36 heavy (non-hydrogen) atoms. The van der Waals surface area contributed by atoms with E-state index in [1.165, 1.54) is 48.4 Å². The van der Waals surface area contributed by atoms with E-state index < -0.39 is 12.8 Å². The summed E-state index contributed by atoms with van der Waals surface area (Å²) in [6.45, 7) is -1.30. The molecular weight excluding hydrogens is 578 g/mol. The number of ether oxygens (including phenoxy) is 1. The molecule has 0 spiro atoms. The Morgan fingerprint density at radius 3 is 1.61 bits per heavy atom. The second-order valence-electron chi connectivity index (χ2n) is 7.65. The normalized spacial score (nSPS) is 11.9. The number of halogens is 3. The van der Waals surface area contributed by atoms with Crippen molar-refractivity contribution in [2.24, 2.45) is 0 Å². The molecule has 0 saturated carbocycles. The zero-order valence-electron chi connectivity index (χ0n) is 18.2. The molecule has 6 heterocycles. The first-order chi connectivity index (χ1) is 17.5. The van der Waals surface area contributed by atoms with E-state index in [9.17, 15) is 13.2 Å². The van der Waals surface area contributed by atoms with Crippen LogP contribution in [0.4, 0.5) is 13.2 Å². The first-order valence-electron chi connectivity index (χ1n) is 10.6. The molecule has 0 aromatic carbocycles. The van der Waals surface area contributed by atoms with Crippen molar-refractivity contribution in [1.82, 2.24) is 0 Å². The Morgan fingerprint density at radius 1 is 0.528 bits per heavy atom. The monoisotopic (exact) mass is 592 g/mol. The van der Waals surface area contributed by atoms with E-state index in [4.69, 9.17) is 4.74 Å². The van der Waals surface area contributed by atoms with Crippen LogP contribution in [0.3, 0.4) is 0 Å². The topological polar surface area (TPSA) is 9.23 Å². The van der Waals surface area contributed by atoms with Crippen LogP contribution in [-0.4, -0.2) is 12.8 Å². The van der Waals surface area contributed by atoms with Crippen molar-refractivity contribution in [2.75, 3.05) is 6.61 Å². The molecule has 0 aliphatic heterocycles. The van der Waals surface area contributed by atoms with Crippen LogP contribution in [0.15, 0.2) is 74.7 Å². The standard InChI is InChI=1S/C26H15F3OS6/c27-26(28,29)14-30-19-7-13-36-25(19)24-18(6-12-35-24)23-17(5-11-34-23)22-16(4-10-33-22)21-15(3-9-32-21)20-2-1-8-31-20/h1-13H,14H2. The fourth-order valence-electron chi connectivity index (χ4n) is 3.94. The predicted molar refractivity (Wildman–Crippen MR) is 152 cm³/mol. The van der Waals surface area contributed by atoms with Gasteiger partial charge in [0.25, 0.3) is 0 Å². The molecule has 6 rings (SSSR count). The van der Waals surface area contributed by atoms with Crippen molar-refractivity contribution < 1.29 is 17.9 Å². The highest BCUT2D eigenvalue weighted by Gasteiger charge is 2.29. The van der Waals surface area contributed by atoms with Crippen molar-refractivity contribution in [3.63, 3.8) is 0 Å². The molecule has 6 aromatic heterocycles. The minimum Gasteiger partial charge on any atom is -0.483 e. The molecule has 0 aliphatic rings. The predicted octanol–water partition coefficient (Wildman–Crippen LogP) is 11.3. The van der Waals surface area contributed by atoms with Gasteiger partial charge in [-0.2, -0.15) is 13.2 Å². The summed E-state index contributed by atoms with van der Waals surface area (Å²) in [5, 5.41) is 12.2. The van der Waals surface area contributed by atoms with Gasteiger partial charge in [0.15, 0.2) is 6.61 Å². The highest BCUT2D eigenvalue weighted by Crippen LogP contribution is 2.52. The van der Waals surface area contributed by atoms with Crippen LogP contribution in [0.25, 0.3) is 51.5 Å². The second-order valence-corrected chi connectivity index (χ2v) is 13.2. The molecule has 0 saturated heterocycles. The molecule has 0 atom stereocenters. The van der Waals surface area contributed by atoms with Crippen LogP contribution < -0.4 is 4.74 Å². The van der Waals surface area contributed by atoms with Gasteiger partial charge in [-0.25, -0.2) is 0 Å². The molecule has 1 nitrogen and oxygen atoms in total. The average Bonchev–Trinajstić information content (AvgIpc) is 3.69. The highest BCUT2D eigenvalue weighted by atomic mass is 32.1. The quantitative estimate of drug-likeness (QED) is 0.179. The van der Waals surface area contributed by atoms with Crippen LogP contribution in [0.2, 0.25) is 0 Å². The van der Waals surface area contributed by atoms with Gasteiger partial charge in [0.1, 0.15) is 5.75 Å². The average molecular weight is 593 g/mol. The SMILES string of the molecule is FC(F)(F)COc1ccsc1-c1sccc1-c1sccc1-c1sccc1-c1sccc1-c1cccs1. The van der Waals surface area contributed by atoms with Gasteiger partial charge in [-0.15, -0.1) is 68.0 Å². The van der Waals surface area contributed by atoms with Gasteiger partial charge in [-0.3, -0.25) is 0 Å². The Hall–Kier alpha value is -2.21. The zero-order chi connectivity index (χ0) is 24.7. The summed E-state index contributed by atoms with van der Waals surface area (Å²) in [4.78, 5) is 6.46. The summed E-state index contributed by atoms with van der Waals surface area (Å²) in [5.74, 6) is 0.273. The number of hydrogen-bond donors (Lipinski definition) is 0. The van der Waals surface area contributed by atoms with E-state index in [1.54, 1.807) is 56.8 Å². The van der Waals surface area contributed by atoms with E-state index in [2.05, 4.69) is 57.9 Å². The molecule has 182 valence electrons. The van der Waals surface area contributed by atoms with Crippen molar-refractivity contribution in [2.45, 2.75) is 6.18 Å². The number of rotatable bonds is 7. The Balaban J connectivity index is 1.40. The fraction of sp³-hybridized carbons (Fsp3) is 0.0769. The third-order valence-corrected chi connectivity index (χ3v) is 11.1. The van der Waals surface area contributed by atoms with Crippen LogP contribution in [0, 0.1) is 0 Å². The van der Waals surface area contributed by atoms with Gasteiger partial charge in [-0.05, 0) is 68.7 Å². The minimum absolute atomic E-state index is 0.273. The summed E-state index contributed by atoms with van der Waals surface area (Å²) >= 11 is 9.77. The van der Waals surface area contributed by atoms with E-state index in [0.29, 0.717) is 0 Å². The molecule has 0 bridgehead atoms. The second kappa shape index (κ2) is 9.92. The Morgan fingerprint density at radius 2 is 1.03 bits per heavy atom. The van der Waals surface area contributed by atoms with Crippen LogP contribution in [0.5, 0.6) is 5.75 Å². The van der Waals surface area contributed by atoms with E-state index in [1.807, 2.05) is 5.38 Å². The van der Waals surface area contributed by atoms with E-state index in [0.717, 1.165) is 25.8 Å². The minimum atomic E-state index is -4.38. The Bertz CT molecular complexity index is 1590. The van der Waals surface area contributed by atoms with Gasteiger partial charge in [0.2, 0.25) is 0 Å². The molecule has 6 aromatic rings. The molecule has 0 unspecified atom stereocenters. The highest BCUT2D eigenvalue weighted by molar-refractivity contribution is 7.22. The lowest BCUT2D eigenvalue weighted by Crippen LogP contribution is -2.19. The number of alkyl halides is 3. The molecular formula is C26H15F3OS6. The molecule has 0 aliphatic carbocycles. The molecule has 0 radical (unpaired) electrons. The molecule has 0 fully saturated rings. The maximum atomic E-state index is 12.8. The van der Waals surface area contributed by atoms with Crippen molar-refractivity contribution >= 4 is 68.0 Å². The Kier molecular flexibility index (Phi) is 6.65. The van der Waals surface area contributed by atoms with E-state index in [-0.39, 0.29) is 5.75 Å². The maximum Gasteiger partial charge on any atom is 0.422 e. The first kappa shape index (κ1) is 24.1. The van der Waals surface area contributed by atoms with Crippen LogP contribution in [0.1, 0.15) is 0 Å². The van der Waals surface area contributed by atoms with E-state index >= 15 is 0 Å². The number of hydrogen-bond acceptors (Lipinski definition) is 7. The van der Waals surface area contributed by atoms with Gasteiger partial charge < -0.3 is 4.74 Å². The van der Waals surface area contributed by atoms with Crippen molar-refractivity contribution in [3.05, 3.63) is 74.7 Å². The Labute approximate surface area is 229 Å². The van der Waals surface area contributed by atoms with Crippen molar-refractivity contribution in [3.8, 4) is 57.3 Å². The third kappa shape index (κ3) is 4.62. The largest absolute Gasteiger partial charge is 0.483 e. The molecule has 0 amide bonds. The lowest BCUT2D eigenvalue weighted by Gasteiger charge is -2.11. The van der Waals surface area contributed by atoms with Crippen LogP contribution >= 0.6 is 68.0 Å². The summed E-state index contributed by atoms with van der Waals surface area (Å²) in [7, 11) is 0. The first-order valence-corrected chi connectivity index (χ1v) is 15.9. The fourth-order valence-corrected chi connectivity index (χ4v) is 9.69. The van der Waals surface area contributed by atoms with Gasteiger partial charge in [0, 0.05) is 41.8 Å². The van der Waals surface area contributed by atoms with Gasteiger partial charge >= 0.3 is 6.18 Å². The summed E-state index contributed by atoms with van der Waals surface area (Å²) in [6, 6.07) is 14.4. The summed E-state index contributed by atoms with van der Waals surface area (Å²) < 4.78 is 43.5. The summed E-state index contributed by atoms with van der Waals surface area (Å²) in [5.41, 5.74) is 4.62. The molecule has 10 heteroatoms.